The van der Waals surface area contributed by atoms with Gasteiger partial charge in [-0.15, -0.1) is 0 Å². The van der Waals surface area contributed by atoms with Crippen LogP contribution >= 0.6 is 23.2 Å². The smallest absolute Gasteiger partial charge is 0.136 e. The van der Waals surface area contributed by atoms with Gasteiger partial charge in [-0.25, -0.2) is 4.99 Å². The molecule has 4 heteroatoms. The summed E-state index contributed by atoms with van der Waals surface area (Å²) in [6.45, 7) is 2.79. The van der Waals surface area contributed by atoms with Gasteiger partial charge >= 0.3 is 0 Å². The van der Waals surface area contributed by atoms with Gasteiger partial charge in [0.1, 0.15) is 5.84 Å². The lowest BCUT2D eigenvalue weighted by Crippen LogP contribution is -2.30. The van der Waals surface area contributed by atoms with Crippen molar-refractivity contribution in [3.8, 4) is 0 Å². The van der Waals surface area contributed by atoms with Crippen LogP contribution in [0.4, 0.5) is 5.69 Å². The minimum Gasteiger partial charge on any atom is -0.328 e. The summed E-state index contributed by atoms with van der Waals surface area (Å²) in [6.07, 6.45) is 6.08. The molecule has 0 aliphatic carbocycles. The van der Waals surface area contributed by atoms with Crippen molar-refractivity contribution in [2.45, 2.75) is 13.5 Å². The number of hydrogen-bond acceptors (Lipinski definition) is 2. The lowest BCUT2D eigenvalue weighted by atomic mass is 10.1. The van der Waals surface area contributed by atoms with Crippen LogP contribution in [0.5, 0.6) is 0 Å². The molecule has 0 amide bonds. The number of fused-ring (bicyclic) bond motifs is 2. The van der Waals surface area contributed by atoms with Crippen molar-refractivity contribution in [2.24, 2.45) is 4.99 Å². The summed E-state index contributed by atoms with van der Waals surface area (Å²) in [5.41, 5.74) is 3.05. The second kappa shape index (κ2) is 3.90. The van der Waals surface area contributed by atoms with E-state index in [0.29, 0.717) is 10.0 Å². The monoisotopic (exact) mass is 264 g/mol. The molecule has 3 rings (SSSR count). The van der Waals surface area contributed by atoms with Crippen LogP contribution < -0.4 is 0 Å². The molecular formula is C13H10Cl2N2. The number of benzene rings is 1. The first-order valence-electron chi connectivity index (χ1n) is 5.34. The molecule has 0 aromatic heterocycles. The molecule has 1 aromatic carbocycles. The number of nitrogens with zero attached hydrogens (tertiary/aromatic N) is 2. The van der Waals surface area contributed by atoms with Crippen LogP contribution in [0.2, 0.25) is 10.0 Å². The fourth-order valence-corrected chi connectivity index (χ4v) is 2.62. The molecule has 2 heterocycles. The summed E-state index contributed by atoms with van der Waals surface area (Å²) < 4.78 is 0. The fourth-order valence-electron chi connectivity index (χ4n) is 2.07. The Hall–Kier alpha value is -1.25. The van der Waals surface area contributed by atoms with Gasteiger partial charge in [0, 0.05) is 21.8 Å². The van der Waals surface area contributed by atoms with Crippen molar-refractivity contribution in [3.63, 3.8) is 0 Å². The summed E-state index contributed by atoms with van der Waals surface area (Å²) in [7, 11) is 0. The van der Waals surface area contributed by atoms with Crippen LogP contribution in [0.15, 0.2) is 41.1 Å². The zero-order valence-corrected chi connectivity index (χ0v) is 10.8. The first kappa shape index (κ1) is 10.9. The largest absolute Gasteiger partial charge is 0.328 e. The number of hydrogen-bond donors (Lipinski definition) is 0. The van der Waals surface area contributed by atoms with E-state index in [1.165, 1.54) is 0 Å². The molecule has 86 valence electrons. The molecule has 0 atom stereocenters. The minimum atomic E-state index is 0.625. The molecule has 0 fully saturated rings. The van der Waals surface area contributed by atoms with E-state index in [1.54, 1.807) is 6.07 Å². The second-order valence-corrected chi connectivity index (χ2v) is 4.98. The Morgan fingerprint density at radius 1 is 1.29 bits per heavy atom. The third kappa shape index (κ3) is 1.78. The number of halogens is 2. The van der Waals surface area contributed by atoms with Crippen LogP contribution in [-0.2, 0) is 6.54 Å². The Morgan fingerprint density at radius 2 is 2.12 bits per heavy atom. The van der Waals surface area contributed by atoms with Gasteiger partial charge in [-0.2, -0.15) is 0 Å². The van der Waals surface area contributed by atoms with Crippen LogP contribution in [0.25, 0.3) is 0 Å². The third-order valence-corrected chi connectivity index (χ3v) is 3.48. The Kier molecular flexibility index (Phi) is 2.49. The zero-order valence-electron chi connectivity index (χ0n) is 9.24. The third-order valence-electron chi connectivity index (χ3n) is 2.93. The molecule has 0 bridgehead atoms. The van der Waals surface area contributed by atoms with E-state index in [2.05, 4.69) is 9.89 Å². The standard InChI is InChI=1S/C13H10Cl2N2/c1-8-3-2-4-17-7-10-11(15)5-9(14)6-12(10)16-13(8)17/h2-6H,7H2,1H3. The Morgan fingerprint density at radius 3 is 2.94 bits per heavy atom. The maximum atomic E-state index is 6.20. The SMILES string of the molecule is CC1=CC=CN2Cc3c(Cl)cc(Cl)cc3N=C12. The van der Waals surface area contributed by atoms with Gasteiger partial charge in [-0.3, -0.25) is 0 Å². The van der Waals surface area contributed by atoms with E-state index in [-0.39, 0.29) is 0 Å². The van der Waals surface area contributed by atoms with Crippen LogP contribution in [-0.4, -0.2) is 10.7 Å². The predicted octanol–water partition coefficient (Wildman–Crippen LogP) is 4.31. The van der Waals surface area contributed by atoms with Crippen molar-refractivity contribution in [2.75, 3.05) is 0 Å². The Labute approximate surface area is 110 Å². The molecule has 17 heavy (non-hydrogen) atoms. The summed E-state index contributed by atoms with van der Waals surface area (Å²) in [6, 6.07) is 3.62. The quantitative estimate of drug-likeness (QED) is 0.682. The highest BCUT2D eigenvalue weighted by Gasteiger charge is 2.22. The molecule has 0 spiro atoms. The predicted molar refractivity (Wildman–Crippen MR) is 72.0 cm³/mol. The highest BCUT2D eigenvalue weighted by molar-refractivity contribution is 6.35. The van der Waals surface area contributed by atoms with Gasteiger partial charge in [0.25, 0.3) is 0 Å². The average molecular weight is 265 g/mol. The number of allylic oxidation sites excluding steroid dienone is 2. The zero-order chi connectivity index (χ0) is 12.0. The summed E-state index contributed by atoms with van der Waals surface area (Å²) in [5.74, 6) is 0.971. The number of aliphatic imine (C=N–C) groups is 1. The van der Waals surface area contributed by atoms with Gasteiger partial charge in [0.2, 0.25) is 0 Å². The van der Waals surface area contributed by atoms with Crippen molar-refractivity contribution in [1.29, 1.82) is 0 Å². The van der Waals surface area contributed by atoms with E-state index in [1.807, 2.05) is 31.3 Å². The lowest BCUT2D eigenvalue weighted by Gasteiger charge is -2.30. The fraction of sp³-hybridized carbons (Fsp3) is 0.154. The average Bonchev–Trinajstić information content (AvgIpc) is 2.28. The van der Waals surface area contributed by atoms with Gasteiger partial charge in [0.05, 0.1) is 12.2 Å². The topological polar surface area (TPSA) is 15.6 Å². The minimum absolute atomic E-state index is 0.625. The molecule has 1 aromatic rings. The van der Waals surface area contributed by atoms with Crippen molar-refractivity contribution < 1.29 is 0 Å². The molecule has 2 aliphatic heterocycles. The molecule has 2 nitrogen and oxygen atoms in total. The van der Waals surface area contributed by atoms with Crippen molar-refractivity contribution >= 4 is 34.7 Å². The molecule has 0 N–H and O–H groups in total. The van der Waals surface area contributed by atoms with Gasteiger partial charge in [-0.1, -0.05) is 29.3 Å². The second-order valence-electron chi connectivity index (χ2n) is 4.14. The summed E-state index contributed by atoms with van der Waals surface area (Å²) in [4.78, 5) is 6.72. The lowest BCUT2D eigenvalue weighted by molar-refractivity contribution is 0.540. The van der Waals surface area contributed by atoms with Crippen LogP contribution in [0.3, 0.4) is 0 Å². The van der Waals surface area contributed by atoms with E-state index >= 15 is 0 Å². The van der Waals surface area contributed by atoms with Crippen molar-refractivity contribution in [3.05, 3.63) is 51.7 Å². The van der Waals surface area contributed by atoms with E-state index in [4.69, 9.17) is 23.2 Å². The maximum absolute atomic E-state index is 6.20. The summed E-state index contributed by atoms with van der Waals surface area (Å²) in [5, 5.41) is 1.30. The van der Waals surface area contributed by atoms with Crippen LogP contribution in [0, 0.1) is 0 Å². The molecule has 0 radical (unpaired) electrons. The van der Waals surface area contributed by atoms with Crippen LogP contribution in [0.1, 0.15) is 12.5 Å². The highest BCUT2D eigenvalue weighted by Crippen LogP contribution is 2.36. The Balaban J connectivity index is 2.19. The van der Waals surface area contributed by atoms with Gasteiger partial charge in [0.15, 0.2) is 0 Å². The van der Waals surface area contributed by atoms with E-state index in [9.17, 15) is 0 Å². The summed E-state index contributed by atoms with van der Waals surface area (Å²) >= 11 is 12.2. The van der Waals surface area contributed by atoms with E-state index in [0.717, 1.165) is 29.2 Å². The van der Waals surface area contributed by atoms with Crippen molar-refractivity contribution in [1.82, 2.24) is 4.90 Å². The first-order chi connectivity index (χ1) is 8.15. The molecule has 0 saturated heterocycles. The highest BCUT2D eigenvalue weighted by atomic mass is 35.5. The van der Waals surface area contributed by atoms with E-state index < -0.39 is 0 Å². The first-order valence-corrected chi connectivity index (χ1v) is 6.09. The molecule has 2 aliphatic rings. The maximum Gasteiger partial charge on any atom is 0.136 e. The van der Waals surface area contributed by atoms with Gasteiger partial charge in [-0.05, 0) is 30.7 Å². The molecule has 0 saturated carbocycles. The number of amidine groups is 1. The molecule has 0 unspecified atom stereocenters. The number of rotatable bonds is 0. The normalized spacial score (nSPS) is 17.2. The molecular weight excluding hydrogens is 255 g/mol. The Bertz CT molecular complexity index is 585. The van der Waals surface area contributed by atoms with Gasteiger partial charge < -0.3 is 4.90 Å².